The van der Waals surface area contributed by atoms with Gasteiger partial charge in [-0.15, -0.1) is 0 Å². The Morgan fingerprint density at radius 1 is 1.50 bits per heavy atom. The number of aliphatic hydroxyl groups excluding tert-OH is 1. The summed E-state index contributed by atoms with van der Waals surface area (Å²) in [6.45, 7) is 0.0708. The summed E-state index contributed by atoms with van der Waals surface area (Å²) in [5, 5.41) is 26.1. The van der Waals surface area contributed by atoms with Crippen LogP contribution in [0.5, 0.6) is 0 Å². The second-order valence-corrected chi connectivity index (χ2v) is 3.69. The first-order valence-corrected chi connectivity index (χ1v) is 5.40. The van der Waals surface area contributed by atoms with Crippen molar-refractivity contribution in [2.24, 2.45) is 7.05 Å². The summed E-state index contributed by atoms with van der Waals surface area (Å²) in [6, 6.07) is 1.32. The molecule has 0 unspecified atom stereocenters. The normalized spacial score (nSPS) is 11.9. The van der Waals surface area contributed by atoms with Crippen LogP contribution in [-0.2, 0) is 18.3 Å². The van der Waals surface area contributed by atoms with Gasteiger partial charge in [0.2, 0.25) is 0 Å². The van der Waals surface area contributed by atoms with E-state index in [0.29, 0.717) is 13.0 Å². The molecule has 100 valence electrons. The Kier molecular flexibility index (Phi) is 5.12. The van der Waals surface area contributed by atoms with Crippen LogP contribution in [0.4, 0.5) is 4.79 Å². The van der Waals surface area contributed by atoms with E-state index in [1.165, 1.54) is 0 Å². The van der Waals surface area contributed by atoms with E-state index in [1.54, 1.807) is 17.9 Å². The molecule has 0 aliphatic rings. The molecule has 1 rings (SSSR count). The largest absolute Gasteiger partial charge is 0.479 e. The van der Waals surface area contributed by atoms with Crippen molar-refractivity contribution in [2.45, 2.75) is 12.5 Å². The van der Waals surface area contributed by atoms with Crippen molar-refractivity contribution in [3.05, 3.63) is 18.0 Å². The van der Waals surface area contributed by atoms with Crippen molar-refractivity contribution in [3.8, 4) is 0 Å². The topological polar surface area (TPSA) is 116 Å². The van der Waals surface area contributed by atoms with E-state index in [4.69, 9.17) is 10.2 Å². The summed E-state index contributed by atoms with van der Waals surface area (Å²) in [7, 11) is 1.80. The highest BCUT2D eigenvalue weighted by Crippen LogP contribution is 1.95. The zero-order valence-electron chi connectivity index (χ0n) is 9.96. The lowest BCUT2D eigenvalue weighted by Crippen LogP contribution is -2.42. The molecule has 4 N–H and O–H groups in total. The molecule has 8 heteroatoms. The molecule has 0 aliphatic heterocycles. The summed E-state index contributed by atoms with van der Waals surface area (Å²) < 4.78 is 1.70. The fourth-order valence-corrected chi connectivity index (χ4v) is 1.29. The Morgan fingerprint density at radius 3 is 2.78 bits per heavy atom. The summed E-state index contributed by atoms with van der Waals surface area (Å²) in [5.41, 5.74) is 0.973. The van der Waals surface area contributed by atoms with Crippen molar-refractivity contribution < 1.29 is 19.8 Å². The van der Waals surface area contributed by atoms with Crippen LogP contribution in [0.3, 0.4) is 0 Å². The molecular weight excluding hydrogens is 240 g/mol. The highest BCUT2D eigenvalue weighted by atomic mass is 16.4. The van der Waals surface area contributed by atoms with Crippen molar-refractivity contribution >= 4 is 12.0 Å². The fourth-order valence-electron chi connectivity index (χ4n) is 1.29. The monoisotopic (exact) mass is 256 g/mol. The quantitative estimate of drug-likeness (QED) is 0.505. The van der Waals surface area contributed by atoms with Crippen LogP contribution in [0.15, 0.2) is 12.3 Å². The Balaban J connectivity index is 2.18. The first-order chi connectivity index (χ1) is 8.50. The van der Waals surface area contributed by atoms with Crippen LogP contribution >= 0.6 is 0 Å². The molecule has 0 aliphatic carbocycles. The fraction of sp³-hybridized carbons (Fsp3) is 0.500. The lowest BCUT2D eigenvalue weighted by Gasteiger charge is -2.09. The molecule has 0 saturated carbocycles. The maximum absolute atomic E-state index is 11.2. The van der Waals surface area contributed by atoms with Gasteiger partial charge in [-0.3, -0.25) is 4.68 Å². The Labute approximate surface area is 104 Å². The van der Waals surface area contributed by atoms with Gasteiger partial charge in [-0.1, -0.05) is 0 Å². The van der Waals surface area contributed by atoms with Gasteiger partial charge in [0.1, 0.15) is 0 Å². The summed E-state index contributed by atoms with van der Waals surface area (Å²) in [4.78, 5) is 21.5. The van der Waals surface area contributed by atoms with Crippen molar-refractivity contribution in [1.29, 1.82) is 0 Å². The minimum absolute atomic E-state index is 0.327. The molecule has 8 nitrogen and oxygen atoms in total. The Morgan fingerprint density at radius 2 is 2.22 bits per heavy atom. The predicted molar refractivity (Wildman–Crippen MR) is 62.0 cm³/mol. The third kappa shape index (κ3) is 4.42. The zero-order chi connectivity index (χ0) is 13.5. The average molecular weight is 256 g/mol. The second-order valence-electron chi connectivity index (χ2n) is 3.69. The number of rotatable bonds is 6. The first kappa shape index (κ1) is 14.0. The number of hydrogen-bond donors (Lipinski definition) is 4. The molecule has 0 aromatic carbocycles. The number of aliphatic hydroxyl groups is 1. The predicted octanol–water partition coefficient (Wildman–Crippen LogP) is -1.29. The zero-order valence-corrected chi connectivity index (χ0v) is 9.96. The number of aryl methyl sites for hydroxylation is 1. The summed E-state index contributed by atoms with van der Waals surface area (Å²) >= 11 is 0. The molecule has 1 heterocycles. The van der Waals surface area contributed by atoms with Crippen LogP contribution in [-0.4, -0.2) is 51.2 Å². The van der Waals surface area contributed by atoms with Gasteiger partial charge in [-0.25, -0.2) is 9.59 Å². The van der Waals surface area contributed by atoms with Crippen LogP contribution in [0, 0.1) is 0 Å². The van der Waals surface area contributed by atoms with E-state index in [0.717, 1.165) is 5.69 Å². The van der Waals surface area contributed by atoms with Crippen molar-refractivity contribution in [3.63, 3.8) is 0 Å². The number of carbonyl (C=O) groups is 2. The van der Waals surface area contributed by atoms with E-state index in [1.807, 2.05) is 6.07 Å². The number of carboxylic acid groups (broad SMARTS) is 1. The molecule has 1 aromatic rings. The number of carbonyl (C=O) groups excluding carboxylic acids is 1. The Hall–Kier alpha value is -2.09. The molecule has 0 spiro atoms. The van der Waals surface area contributed by atoms with Gasteiger partial charge in [0.15, 0.2) is 6.10 Å². The standard InChI is InChI=1S/C10H16N4O4/c1-14-7(3-5-13-14)2-4-11-10(18)12-6-8(15)9(16)17/h3,5,8,15H,2,4,6H2,1H3,(H,16,17)(H2,11,12,18)/t8-/m0/s1. The van der Waals surface area contributed by atoms with E-state index in [2.05, 4.69) is 15.7 Å². The number of urea groups is 1. The third-order valence-corrected chi connectivity index (χ3v) is 2.33. The van der Waals surface area contributed by atoms with E-state index < -0.39 is 18.1 Å². The van der Waals surface area contributed by atoms with Crippen molar-refractivity contribution in [1.82, 2.24) is 20.4 Å². The van der Waals surface area contributed by atoms with Gasteiger partial charge in [0.05, 0.1) is 6.54 Å². The summed E-state index contributed by atoms with van der Waals surface area (Å²) in [5.74, 6) is -1.37. The Bertz CT molecular complexity index is 418. The highest BCUT2D eigenvalue weighted by Gasteiger charge is 2.13. The molecule has 1 atom stereocenters. The number of carboxylic acids is 1. The lowest BCUT2D eigenvalue weighted by molar-refractivity contribution is -0.146. The number of nitrogens with zero attached hydrogens (tertiary/aromatic N) is 2. The summed E-state index contributed by atoms with van der Waals surface area (Å²) in [6.07, 6.45) is 0.692. The lowest BCUT2D eigenvalue weighted by atomic mass is 10.3. The number of hydrogen-bond acceptors (Lipinski definition) is 4. The van der Waals surface area contributed by atoms with Crippen LogP contribution in [0.1, 0.15) is 5.69 Å². The number of aliphatic carboxylic acids is 1. The molecule has 1 aromatic heterocycles. The van der Waals surface area contributed by atoms with Gasteiger partial charge in [-0.05, 0) is 6.07 Å². The molecule has 2 amide bonds. The van der Waals surface area contributed by atoms with Gasteiger partial charge in [0.25, 0.3) is 0 Å². The van der Waals surface area contributed by atoms with E-state index in [-0.39, 0.29) is 6.54 Å². The average Bonchev–Trinajstić information content (AvgIpc) is 2.72. The van der Waals surface area contributed by atoms with Gasteiger partial charge in [0, 0.05) is 31.9 Å². The van der Waals surface area contributed by atoms with Crippen LogP contribution < -0.4 is 10.6 Å². The molecule has 0 bridgehead atoms. The van der Waals surface area contributed by atoms with Crippen molar-refractivity contribution in [2.75, 3.05) is 13.1 Å². The minimum atomic E-state index is -1.59. The molecule has 18 heavy (non-hydrogen) atoms. The first-order valence-electron chi connectivity index (χ1n) is 5.40. The van der Waals surface area contributed by atoms with E-state index in [9.17, 15) is 9.59 Å². The molecule has 0 fully saturated rings. The van der Waals surface area contributed by atoms with E-state index >= 15 is 0 Å². The van der Waals surface area contributed by atoms with Gasteiger partial charge < -0.3 is 20.8 Å². The molecule has 0 saturated heterocycles. The maximum atomic E-state index is 11.2. The van der Waals surface area contributed by atoms with Crippen LogP contribution in [0.2, 0.25) is 0 Å². The molecular formula is C10H16N4O4. The third-order valence-electron chi connectivity index (χ3n) is 2.33. The number of aromatic nitrogens is 2. The second kappa shape index (κ2) is 6.60. The van der Waals surface area contributed by atoms with Gasteiger partial charge in [-0.2, -0.15) is 5.10 Å². The highest BCUT2D eigenvalue weighted by molar-refractivity contribution is 5.76. The maximum Gasteiger partial charge on any atom is 0.334 e. The SMILES string of the molecule is Cn1nccc1CCNC(=O)NC[C@H](O)C(=O)O. The van der Waals surface area contributed by atoms with Crippen LogP contribution in [0.25, 0.3) is 0 Å². The molecule has 0 radical (unpaired) electrons. The minimum Gasteiger partial charge on any atom is -0.479 e. The number of nitrogens with one attached hydrogen (secondary N) is 2. The van der Waals surface area contributed by atoms with Gasteiger partial charge >= 0.3 is 12.0 Å². The smallest absolute Gasteiger partial charge is 0.334 e. The number of amides is 2.